The Morgan fingerprint density at radius 1 is 1.19 bits per heavy atom. The molecule has 0 aromatic heterocycles. The number of ether oxygens (including phenoxy) is 1. The Morgan fingerprint density at radius 2 is 1.88 bits per heavy atom. The summed E-state index contributed by atoms with van der Waals surface area (Å²) in [6.45, 7) is 4.72. The van der Waals surface area contributed by atoms with E-state index < -0.39 is 11.6 Å². The molecule has 8 heteroatoms. The Morgan fingerprint density at radius 3 is 2.54 bits per heavy atom. The first-order valence-corrected chi connectivity index (χ1v) is 8.93. The number of amides is 3. The minimum Gasteiger partial charge on any atom is -0.388 e. The van der Waals surface area contributed by atoms with Gasteiger partial charge in [-0.3, -0.25) is 9.69 Å². The minimum absolute atomic E-state index is 0.105. The molecule has 1 aromatic carbocycles. The molecule has 0 radical (unpaired) electrons. The molecule has 26 heavy (non-hydrogen) atoms. The smallest absolute Gasteiger partial charge is 0.316 e. The summed E-state index contributed by atoms with van der Waals surface area (Å²) in [5.74, 6) is -0.105. The van der Waals surface area contributed by atoms with Gasteiger partial charge in [0.2, 0.25) is 0 Å². The molecule has 2 heterocycles. The number of morpholine rings is 1. The molecule has 0 bridgehead atoms. The monoisotopic (exact) mass is 362 g/mol. The predicted octanol–water partition coefficient (Wildman–Crippen LogP) is 0.477. The van der Waals surface area contributed by atoms with Gasteiger partial charge in [0, 0.05) is 44.0 Å². The highest BCUT2D eigenvalue weighted by Crippen LogP contribution is 2.25. The molecule has 0 saturated carbocycles. The van der Waals surface area contributed by atoms with Crippen LogP contribution in [0.5, 0.6) is 0 Å². The lowest BCUT2D eigenvalue weighted by Gasteiger charge is -2.41. The predicted molar refractivity (Wildman–Crippen MR) is 97.0 cm³/mol. The maximum atomic E-state index is 12.7. The quantitative estimate of drug-likeness (QED) is 0.722. The number of carbonyl (C=O) groups excluding carboxylic acids is 2. The topological polar surface area (TPSA) is 108 Å². The highest BCUT2D eigenvalue weighted by atomic mass is 16.5. The van der Waals surface area contributed by atoms with Crippen molar-refractivity contribution in [2.45, 2.75) is 18.4 Å². The average Bonchev–Trinajstić information content (AvgIpc) is 2.62. The van der Waals surface area contributed by atoms with Gasteiger partial charge in [-0.25, -0.2) is 4.79 Å². The van der Waals surface area contributed by atoms with E-state index in [1.165, 1.54) is 0 Å². The van der Waals surface area contributed by atoms with Crippen molar-refractivity contribution in [2.24, 2.45) is 5.73 Å². The van der Waals surface area contributed by atoms with E-state index >= 15 is 0 Å². The third kappa shape index (κ3) is 4.72. The number of hydrogen-bond acceptors (Lipinski definition) is 5. The van der Waals surface area contributed by atoms with Crippen LogP contribution >= 0.6 is 0 Å². The van der Waals surface area contributed by atoms with Gasteiger partial charge in [0.1, 0.15) is 0 Å². The lowest BCUT2D eigenvalue weighted by molar-refractivity contribution is -0.0598. The number of rotatable bonds is 4. The lowest BCUT2D eigenvalue weighted by atomic mass is 9.90. The van der Waals surface area contributed by atoms with E-state index in [1.807, 2.05) is 0 Å². The molecule has 0 atom stereocenters. The van der Waals surface area contributed by atoms with Crippen LogP contribution in [0.4, 0.5) is 10.5 Å². The Hall–Kier alpha value is -2.16. The van der Waals surface area contributed by atoms with Crippen LogP contribution in [-0.2, 0) is 4.74 Å². The van der Waals surface area contributed by atoms with Crippen LogP contribution in [0, 0.1) is 0 Å². The molecule has 4 N–H and O–H groups in total. The molecule has 2 fully saturated rings. The first-order chi connectivity index (χ1) is 12.5. The summed E-state index contributed by atoms with van der Waals surface area (Å²) in [6, 6.07) is 6.04. The normalized spacial score (nSPS) is 20.6. The molecule has 8 nitrogen and oxygen atoms in total. The maximum Gasteiger partial charge on any atom is 0.316 e. The Labute approximate surface area is 152 Å². The number of piperidine rings is 1. The number of β-amino-alcohol motifs (C(OH)–C–C–N with tert-alkyl or cyclic N) is 1. The molecule has 142 valence electrons. The highest BCUT2D eigenvalue weighted by molar-refractivity contribution is 5.96. The number of aliphatic hydroxyl groups is 1. The van der Waals surface area contributed by atoms with Crippen molar-refractivity contribution in [3.63, 3.8) is 0 Å². The van der Waals surface area contributed by atoms with E-state index in [-0.39, 0.29) is 5.91 Å². The third-order valence-corrected chi connectivity index (χ3v) is 4.98. The third-order valence-electron chi connectivity index (χ3n) is 4.98. The van der Waals surface area contributed by atoms with Gasteiger partial charge in [-0.15, -0.1) is 0 Å². The fraction of sp³-hybridized carbons (Fsp3) is 0.556. The molecule has 2 saturated heterocycles. The van der Waals surface area contributed by atoms with Gasteiger partial charge in [-0.2, -0.15) is 0 Å². The number of likely N-dealkylation sites (tertiary alicyclic amines) is 1. The van der Waals surface area contributed by atoms with Crippen LogP contribution in [0.15, 0.2) is 24.3 Å². The number of carbonyl (C=O) groups is 2. The molecule has 1 aromatic rings. The van der Waals surface area contributed by atoms with Crippen molar-refractivity contribution in [3.8, 4) is 0 Å². The molecule has 3 amide bonds. The molecule has 2 aliphatic heterocycles. The van der Waals surface area contributed by atoms with Gasteiger partial charge in [0.15, 0.2) is 0 Å². The first-order valence-electron chi connectivity index (χ1n) is 8.93. The van der Waals surface area contributed by atoms with Crippen molar-refractivity contribution in [1.82, 2.24) is 9.80 Å². The largest absolute Gasteiger partial charge is 0.388 e. The number of nitrogens with zero attached hydrogens (tertiary/aromatic N) is 2. The van der Waals surface area contributed by atoms with Crippen LogP contribution in [0.3, 0.4) is 0 Å². The summed E-state index contributed by atoms with van der Waals surface area (Å²) < 4.78 is 5.34. The molecule has 0 unspecified atom stereocenters. The summed E-state index contributed by atoms with van der Waals surface area (Å²) in [6.07, 6.45) is 1.10. The van der Waals surface area contributed by atoms with Gasteiger partial charge >= 0.3 is 6.03 Å². The fourth-order valence-electron chi connectivity index (χ4n) is 3.51. The van der Waals surface area contributed by atoms with Crippen LogP contribution in [0.25, 0.3) is 0 Å². The second-order valence-electron chi connectivity index (χ2n) is 6.98. The standard InChI is InChI=1S/C18H26N4O4/c19-17(24)20-15-3-1-2-14(12-15)16(23)22-6-4-18(25,5-7-22)13-21-8-10-26-11-9-21/h1-3,12,25H,4-11,13H2,(H3,19,20,24). The molecular weight excluding hydrogens is 336 g/mol. The number of urea groups is 1. The average molecular weight is 362 g/mol. The van der Waals surface area contributed by atoms with Gasteiger partial charge in [-0.05, 0) is 31.0 Å². The van der Waals surface area contributed by atoms with Gasteiger partial charge in [-0.1, -0.05) is 6.07 Å². The zero-order valence-electron chi connectivity index (χ0n) is 14.8. The van der Waals surface area contributed by atoms with Crippen molar-refractivity contribution >= 4 is 17.6 Å². The van der Waals surface area contributed by atoms with Crippen LogP contribution in [0.2, 0.25) is 0 Å². The van der Waals surface area contributed by atoms with E-state index in [9.17, 15) is 14.7 Å². The van der Waals surface area contributed by atoms with Crippen molar-refractivity contribution < 1.29 is 19.4 Å². The molecule has 0 spiro atoms. The lowest BCUT2D eigenvalue weighted by Crippen LogP contribution is -2.53. The van der Waals surface area contributed by atoms with E-state index in [4.69, 9.17) is 10.5 Å². The fourth-order valence-corrected chi connectivity index (χ4v) is 3.51. The highest BCUT2D eigenvalue weighted by Gasteiger charge is 2.36. The van der Waals surface area contributed by atoms with Crippen molar-refractivity contribution in [1.29, 1.82) is 0 Å². The van der Waals surface area contributed by atoms with E-state index in [2.05, 4.69) is 10.2 Å². The second-order valence-corrected chi connectivity index (χ2v) is 6.98. The molecule has 2 aliphatic rings. The number of hydrogen-bond donors (Lipinski definition) is 3. The first kappa shape index (κ1) is 18.6. The minimum atomic E-state index is -0.760. The Bertz CT molecular complexity index is 652. The maximum absolute atomic E-state index is 12.7. The van der Waals surface area contributed by atoms with Gasteiger partial charge < -0.3 is 25.8 Å². The summed E-state index contributed by atoms with van der Waals surface area (Å²) in [5, 5.41) is 13.3. The van der Waals surface area contributed by atoms with Crippen LogP contribution < -0.4 is 11.1 Å². The van der Waals surface area contributed by atoms with E-state index in [0.29, 0.717) is 56.9 Å². The number of nitrogens with one attached hydrogen (secondary N) is 1. The molecular formula is C18H26N4O4. The van der Waals surface area contributed by atoms with Crippen molar-refractivity contribution in [2.75, 3.05) is 51.3 Å². The number of nitrogens with two attached hydrogens (primary N) is 1. The molecule has 3 rings (SSSR count). The van der Waals surface area contributed by atoms with Gasteiger partial charge in [0.05, 0.1) is 18.8 Å². The zero-order chi connectivity index (χ0) is 18.6. The Balaban J connectivity index is 1.57. The molecule has 0 aliphatic carbocycles. The van der Waals surface area contributed by atoms with Gasteiger partial charge in [0.25, 0.3) is 5.91 Å². The summed E-state index contributed by atoms with van der Waals surface area (Å²) >= 11 is 0. The summed E-state index contributed by atoms with van der Waals surface area (Å²) in [7, 11) is 0. The van der Waals surface area contributed by atoms with Crippen molar-refractivity contribution in [3.05, 3.63) is 29.8 Å². The summed E-state index contributed by atoms with van der Waals surface area (Å²) in [5.41, 5.74) is 5.34. The van der Waals surface area contributed by atoms with E-state index in [0.717, 1.165) is 13.1 Å². The van der Waals surface area contributed by atoms with Crippen LogP contribution in [0.1, 0.15) is 23.2 Å². The van der Waals surface area contributed by atoms with Crippen LogP contribution in [-0.4, -0.2) is 78.4 Å². The SMILES string of the molecule is NC(=O)Nc1cccc(C(=O)N2CCC(O)(CN3CCOCC3)CC2)c1. The number of anilines is 1. The second kappa shape index (κ2) is 8.03. The Kier molecular flexibility index (Phi) is 5.75. The number of benzene rings is 1. The number of primary amides is 1. The van der Waals surface area contributed by atoms with E-state index in [1.54, 1.807) is 29.2 Å². The zero-order valence-corrected chi connectivity index (χ0v) is 14.8. The summed E-state index contributed by atoms with van der Waals surface area (Å²) in [4.78, 5) is 27.6.